The summed E-state index contributed by atoms with van der Waals surface area (Å²) in [6.45, 7) is 5.60. The maximum atomic E-state index is 15.2. The van der Waals surface area contributed by atoms with Gasteiger partial charge in [-0.3, -0.25) is 19.4 Å². The smallest absolute Gasteiger partial charge is 0.411 e. The molecule has 4 rings (SSSR count). The second-order valence-corrected chi connectivity index (χ2v) is 12.9. The molecule has 2 heterocycles. The first kappa shape index (κ1) is 36.2. The van der Waals surface area contributed by atoms with Crippen molar-refractivity contribution in [2.45, 2.75) is 64.1 Å². The molecule has 2 aromatic rings. The number of likely N-dealkylation sites (tertiary alicyclic amines) is 1. The minimum Gasteiger partial charge on any atom is -0.444 e. The number of β-amino-alcohol motifs (C(OH)–C–C–N with tert-alkyl or cyclic N) is 1. The Labute approximate surface area is 273 Å². The highest BCUT2D eigenvalue weighted by atomic mass is 35.5. The number of aliphatic hydroxyl groups is 1. The third kappa shape index (κ3) is 9.67. The number of rotatable bonds is 8. The van der Waals surface area contributed by atoms with Crippen molar-refractivity contribution in [1.29, 1.82) is 0 Å². The summed E-state index contributed by atoms with van der Waals surface area (Å²) in [4.78, 5) is 43.1. The molecule has 10 nitrogen and oxygen atoms in total. The van der Waals surface area contributed by atoms with E-state index in [1.54, 1.807) is 31.7 Å². The molecule has 2 atom stereocenters. The minimum atomic E-state index is -4.26. The molecule has 0 aromatic heterocycles. The van der Waals surface area contributed by atoms with Crippen molar-refractivity contribution in [1.82, 2.24) is 15.1 Å². The molecule has 3 N–H and O–H groups in total. The molecule has 0 unspecified atom stereocenters. The monoisotopic (exact) mass is 689 g/mol. The van der Waals surface area contributed by atoms with Gasteiger partial charge in [0.15, 0.2) is 11.6 Å². The van der Waals surface area contributed by atoms with Crippen LogP contribution in [0.4, 0.5) is 38.1 Å². The van der Waals surface area contributed by atoms with E-state index < -0.39 is 72.0 Å². The van der Waals surface area contributed by atoms with E-state index >= 15 is 8.78 Å². The van der Waals surface area contributed by atoms with Gasteiger partial charge in [0, 0.05) is 56.3 Å². The number of nitrogens with one attached hydrogen (secondary N) is 2. The van der Waals surface area contributed by atoms with Gasteiger partial charge in [0.05, 0.1) is 36.0 Å². The van der Waals surface area contributed by atoms with Crippen molar-refractivity contribution in [2.75, 3.05) is 49.5 Å². The van der Waals surface area contributed by atoms with Crippen LogP contribution in [0.5, 0.6) is 0 Å². The Hall–Kier alpha value is -3.69. The van der Waals surface area contributed by atoms with Crippen LogP contribution in [0.15, 0.2) is 30.3 Å². The standard InChI is InChI=1S/C31H37ClF5N5O5/c1-30(2,3)47-29(46)42-17-20(43)15-24(42)28(45)38-16-18-4-6-21(26(34)25(18)33)27(44)39-22-7-5-19(32)14-23(22)41-12-10-40(11-13-41)9-8-31(35,36)37/h4-7,14,20,24,43H,8-13,15-17H2,1-3H3,(H,38,45)(H,39,44)/t20-,24+/m1/s1. The third-order valence-corrected chi connectivity index (χ3v) is 7.94. The number of hydrogen-bond donors (Lipinski definition) is 3. The normalized spacial score (nSPS) is 19.1. The maximum absolute atomic E-state index is 15.2. The summed E-state index contributed by atoms with van der Waals surface area (Å²) in [5.74, 6) is -4.47. The van der Waals surface area contributed by atoms with Gasteiger partial charge in [0.2, 0.25) is 5.91 Å². The van der Waals surface area contributed by atoms with E-state index in [2.05, 4.69) is 10.6 Å². The lowest BCUT2D eigenvalue weighted by Crippen LogP contribution is -2.47. The van der Waals surface area contributed by atoms with Crippen molar-refractivity contribution in [2.24, 2.45) is 0 Å². The third-order valence-electron chi connectivity index (χ3n) is 7.70. The zero-order valence-corrected chi connectivity index (χ0v) is 26.9. The molecular formula is C31H37ClF5N5O5. The van der Waals surface area contributed by atoms with Crippen LogP contribution in [0.2, 0.25) is 5.02 Å². The van der Waals surface area contributed by atoms with Crippen LogP contribution < -0.4 is 15.5 Å². The van der Waals surface area contributed by atoms with Crippen LogP contribution in [-0.4, -0.2) is 96.0 Å². The van der Waals surface area contributed by atoms with Crippen molar-refractivity contribution in [3.8, 4) is 0 Å². The number of piperazine rings is 1. The van der Waals surface area contributed by atoms with Gasteiger partial charge >= 0.3 is 12.3 Å². The Balaban J connectivity index is 1.40. The van der Waals surface area contributed by atoms with Gasteiger partial charge in [-0.15, -0.1) is 0 Å². The number of nitrogens with zero attached hydrogens (tertiary/aromatic N) is 3. The largest absolute Gasteiger partial charge is 0.444 e. The highest BCUT2D eigenvalue weighted by molar-refractivity contribution is 6.31. The highest BCUT2D eigenvalue weighted by Crippen LogP contribution is 2.32. The number of hydrogen-bond acceptors (Lipinski definition) is 7. The van der Waals surface area contributed by atoms with Gasteiger partial charge in [-0.2, -0.15) is 13.2 Å². The summed E-state index contributed by atoms with van der Waals surface area (Å²) in [6, 6.07) is 5.68. The maximum Gasteiger partial charge on any atom is 0.411 e. The zero-order chi connectivity index (χ0) is 34.7. The van der Waals surface area contributed by atoms with E-state index in [1.807, 2.05) is 4.90 Å². The van der Waals surface area contributed by atoms with Crippen molar-refractivity contribution in [3.63, 3.8) is 0 Å². The fourth-order valence-electron chi connectivity index (χ4n) is 5.35. The molecule has 2 aliphatic rings. The van der Waals surface area contributed by atoms with Gasteiger partial charge in [0.25, 0.3) is 5.91 Å². The predicted molar refractivity (Wildman–Crippen MR) is 164 cm³/mol. The van der Waals surface area contributed by atoms with E-state index in [1.165, 1.54) is 12.1 Å². The molecular weight excluding hydrogens is 653 g/mol. The van der Waals surface area contributed by atoms with Crippen LogP contribution in [0.3, 0.4) is 0 Å². The number of benzene rings is 2. The summed E-state index contributed by atoms with van der Waals surface area (Å²) < 4.78 is 73.4. The van der Waals surface area contributed by atoms with Crippen molar-refractivity contribution in [3.05, 3.63) is 58.1 Å². The number of aliphatic hydroxyl groups excluding tert-OH is 1. The first-order valence-electron chi connectivity index (χ1n) is 15.0. The fourth-order valence-corrected chi connectivity index (χ4v) is 5.51. The van der Waals surface area contributed by atoms with Crippen molar-refractivity contribution < 1.29 is 46.2 Å². The van der Waals surface area contributed by atoms with E-state index in [0.717, 1.165) is 17.0 Å². The molecule has 2 saturated heterocycles. The molecule has 258 valence electrons. The van der Waals surface area contributed by atoms with Crippen molar-refractivity contribution >= 4 is 40.9 Å². The average Bonchev–Trinajstić information content (AvgIpc) is 3.38. The van der Waals surface area contributed by atoms with Crippen LogP contribution >= 0.6 is 11.6 Å². The first-order chi connectivity index (χ1) is 21.9. The second kappa shape index (κ2) is 14.6. The second-order valence-electron chi connectivity index (χ2n) is 12.5. The molecule has 16 heteroatoms. The molecule has 0 radical (unpaired) electrons. The fraction of sp³-hybridized carbons (Fsp3) is 0.516. The lowest BCUT2D eigenvalue weighted by molar-refractivity contribution is -0.138. The van der Waals surface area contributed by atoms with Crippen LogP contribution in [-0.2, 0) is 16.1 Å². The van der Waals surface area contributed by atoms with E-state index in [4.69, 9.17) is 16.3 Å². The molecule has 0 aliphatic carbocycles. The predicted octanol–water partition coefficient (Wildman–Crippen LogP) is 4.93. The Morgan fingerprint density at radius 2 is 1.70 bits per heavy atom. The molecule has 0 spiro atoms. The molecule has 2 aliphatic heterocycles. The molecule has 2 aromatic carbocycles. The van der Waals surface area contributed by atoms with Crippen LogP contribution in [0.1, 0.15) is 49.5 Å². The number of carbonyl (C=O) groups excluding carboxylic acids is 3. The lowest BCUT2D eigenvalue weighted by Gasteiger charge is -2.37. The minimum absolute atomic E-state index is 0.0680. The topological polar surface area (TPSA) is 114 Å². The van der Waals surface area contributed by atoms with Gasteiger partial charge in [-0.1, -0.05) is 17.7 Å². The van der Waals surface area contributed by atoms with Crippen LogP contribution in [0.25, 0.3) is 0 Å². The number of alkyl halides is 3. The number of halogens is 6. The number of carbonyl (C=O) groups is 3. The molecule has 0 bridgehead atoms. The lowest BCUT2D eigenvalue weighted by atomic mass is 10.1. The summed E-state index contributed by atoms with van der Waals surface area (Å²) in [5, 5.41) is 15.4. The number of ether oxygens (including phenoxy) is 1. The SMILES string of the molecule is CC(C)(C)OC(=O)N1C[C@H](O)C[C@H]1C(=O)NCc1ccc(C(=O)Nc2ccc(Cl)cc2N2CCN(CCC(F)(F)F)CC2)c(F)c1F. The summed E-state index contributed by atoms with van der Waals surface area (Å²) >= 11 is 6.18. The highest BCUT2D eigenvalue weighted by Gasteiger charge is 2.41. The Kier molecular flexibility index (Phi) is 11.2. The Morgan fingerprint density at radius 1 is 1.02 bits per heavy atom. The van der Waals surface area contributed by atoms with Gasteiger partial charge in [-0.05, 0) is 45.0 Å². The summed E-state index contributed by atoms with van der Waals surface area (Å²) in [5.41, 5.74) is -0.991. The van der Waals surface area contributed by atoms with E-state index in [9.17, 15) is 32.7 Å². The van der Waals surface area contributed by atoms with Gasteiger partial charge in [0.1, 0.15) is 11.6 Å². The number of amides is 3. The molecule has 2 fully saturated rings. The van der Waals surface area contributed by atoms with Crippen LogP contribution in [0, 0.1) is 11.6 Å². The van der Waals surface area contributed by atoms with E-state index in [-0.39, 0.29) is 30.8 Å². The summed E-state index contributed by atoms with van der Waals surface area (Å²) in [7, 11) is 0. The molecule has 47 heavy (non-hydrogen) atoms. The Bertz CT molecular complexity index is 1480. The number of anilines is 2. The van der Waals surface area contributed by atoms with E-state index in [0.29, 0.717) is 36.9 Å². The first-order valence-corrected chi connectivity index (χ1v) is 15.4. The summed E-state index contributed by atoms with van der Waals surface area (Å²) in [6.07, 6.45) is -7.02. The Morgan fingerprint density at radius 3 is 2.34 bits per heavy atom. The zero-order valence-electron chi connectivity index (χ0n) is 26.1. The molecule has 0 saturated carbocycles. The quantitative estimate of drug-likeness (QED) is 0.337. The molecule has 3 amide bonds. The van der Waals surface area contributed by atoms with Gasteiger partial charge < -0.3 is 25.4 Å². The van der Waals surface area contributed by atoms with Gasteiger partial charge in [-0.25, -0.2) is 13.6 Å². The average molecular weight is 690 g/mol.